The molecule has 0 atom stereocenters. The summed E-state index contributed by atoms with van der Waals surface area (Å²) >= 11 is 0. The standard InChI is InChI=1S/C14H11F2NO3/c15-12-5-4-11(7-13(12)16)20-10-3-1-2-9(6-10)17-8-14(18)19/h1-7,17H,8H2,(H,18,19). The highest BCUT2D eigenvalue weighted by Crippen LogP contribution is 2.25. The molecule has 0 aromatic heterocycles. The maximum Gasteiger partial charge on any atom is 0.322 e. The monoisotopic (exact) mass is 279 g/mol. The highest BCUT2D eigenvalue weighted by Gasteiger charge is 2.05. The predicted molar refractivity (Wildman–Crippen MR) is 69.0 cm³/mol. The second kappa shape index (κ2) is 6.01. The van der Waals surface area contributed by atoms with Crippen LogP contribution in [0.25, 0.3) is 0 Å². The van der Waals surface area contributed by atoms with E-state index in [2.05, 4.69) is 5.32 Å². The van der Waals surface area contributed by atoms with E-state index in [-0.39, 0.29) is 12.3 Å². The van der Waals surface area contributed by atoms with Crippen molar-refractivity contribution in [3.05, 3.63) is 54.1 Å². The van der Waals surface area contributed by atoms with Crippen molar-refractivity contribution in [1.82, 2.24) is 0 Å². The molecule has 2 aromatic carbocycles. The summed E-state index contributed by atoms with van der Waals surface area (Å²) in [5, 5.41) is 11.2. The molecule has 20 heavy (non-hydrogen) atoms. The Balaban J connectivity index is 2.10. The number of benzene rings is 2. The zero-order valence-corrected chi connectivity index (χ0v) is 10.3. The van der Waals surface area contributed by atoms with Gasteiger partial charge in [0.1, 0.15) is 18.0 Å². The fourth-order valence-electron chi connectivity index (χ4n) is 1.52. The molecule has 2 N–H and O–H groups in total. The summed E-state index contributed by atoms with van der Waals surface area (Å²) in [6.07, 6.45) is 0. The fraction of sp³-hybridized carbons (Fsp3) is 0.0714. The Labute approximate surface area is 113 Å². The van der Waals surface area contributed by atoms with Crippen LogP contribution in [0.2, 0.25) is 0 Å². The number of rotatable bonds is 5. The minimum Gasteiger partial charge on any atom is -0.480 e. The molecule has 6 heteroatoms. The summed E-state index contributed by atoms with van der Waals surface area (Å²) in [6.45, 7) is -0.228. The van der Waals surface area contributed by atoms with Crippen molar-refractivity contribution < 1.29 is 23.4 Å². The third-order valence-corrected chi connectivity index (χ3v) is 2.40. The van der Waals surface area contributed by atoms with E-state index in [9.17, 15) is 13.6 Å². The van der Waals surface area contributed by atoms with E-state index in [1.54, 1.807) is 24.3 Å². The number of carboxylic acid groups (broad SMARTS) is 1. The molecule has 0 aliphatic heterocycles. The molecule has 0 heterocycles. The number of carbonyl (C=O) groups is 1. The Bertz CT molecular complexity index is 632. The number of aliphatic carboxylic acids is 1. The van der Waals surface area contributed by atoms with Gasteiger partial charge in [0.2, 0.25) is 0 Å². The Kier molecular flexibility index (Phi) is 4.14. The molecule has 0 spiro atoms. The molecule has 0 aliphatic rings. The SMILES string of the molecule is O=C(O)CNc1cccc(Oc2ccc(F)c(F)c2)c1. The van der Waals surface area contributed by atoms with Crippen molar-refractivity contribution >= 4 is 11.7 Å². The zero-order chi connectivity index (χ0) is 14.5. The minimum absolute atomic E-state index is 0.152. The molecule has 104 valence electrons. The van der Waals surface area contributed by atoms with Gasteiger partial charge in [0.15, 0.2) is 11.6 Å². The first kappa shape index (κ1) is 13.8. The lowest BCUT2D eigenvalue weighted by atomic mass is 10.3. The highest BCUT2D eigenvalue weighted by atomic mass is 19.2. The molecule has 2 aromatic rings. The van der Waals surface area contributed by atoms with Gasteiger partial charge in [-0.25, -0.2) is 8.78 Å². The Hall–Kier alpha value is -2.63. The second-order valence-electron chi connectivity index (χ2n) is 3.95. The molecular weight excluding hydrogens is 268 g/mol. The highest BCUT2D eigenvalue weighted by molar-refractivity contribution is 5.72. The van der Waals surface area contributed by atoms with Crippen molar-refractivity contribution in [2.75, 3.05) is 11.9 Å². The summed E-state index contributed by atoms with van der Waals surface area (Å²) in [6, 6.07) is 9.71. The van der Waals surface area contributed by atoms with E-state index in [0.29, 0.717) is 11.4 Å². The molecular formula is C14H11F2NO3. The molecule has 0 unspecified atom stereocenters. The van der Waals surface area contributed by atoms with E-state index >= 15 is 0 Å². The molecule has 0 fully saturated rings. The normalized spacial score (nSPS) is 10.1. The van der Waals surface area contributed by atoms with Gasteiger partial charge in [-0.05, 0) is 24.3 Å². The molecule has 0 saturated heterocycles. The molecule has 0 saturated carbocycles. The lowest BCUT2D eigenvalue weighted by molar-refractivity contribution is -0.134. The van der Waals surface area contributed by atoms with Gasteiger partial charge in [-0.3, -0.25) is 4.79 Å². The van der Waals surface area contributed by atoms with Crippen LogP contribution in [-0.4, -0.2) is 17.6 Å². The summed E-state index contributed by atoms with van der Waals surface area (Å²) in [7, 11) is 0. The van der Waals surface area contributed by atoms with Crippen LogP contribution in [-0.2, 0) is 4.79 Å². The number of hydrogen-bond acceptors (Lipinski definition) is 3. The van der Waals surface area contributed by atoms with E-state index < -0.39 is 17.6 Å². The van der Waals surface area contributed by atoms with Crippen molar-refractivity contribution in [2.45, 2.75) is 0 Å². The first-order valence-corrected chi connectivity index (χ1v) is 5.73. The number of carboxylic acids is 1. The van der Waals surface area contributed by atoms with Gasteiger partial charge in [-0.15, -0.1) is 0 Å². The predicted octanol–water partition coefficient (Wildman–Crippen LogP) is 3.25. The van der Waals surface area contributed by atoms with Gasteiger partial charge in [0.25, 0.3) is 0 Å². The van der Waals surface area contributed by atoms with Crippen LogP contribution in [0.4, 0.5) is 14.5 Å². The van der Waals surface area contributed by atoms with E-state index in [1.807, 2.05) is 0 Å². The van der Waals surface area contributed by atoms with Crippen LogP contribution in [0, 0.1) is 11.6 Å². The maximum absolute atomic E-state index is 13.0. The molecule has 0 aliphatic carbocycles. The number of ether oxygens (including phenoxy) is 1. The van der Waals surface area contributed by atoms with Crippen molar-refractivity contribution in [2.24, 2.45) is 0 Å². The number of hydrogen-bond donors (Lipinski definition) is 2. The van der Waals surface area contributed by atoms with Crippen molar-refractivity contribution in [3.63, 3.8) is 0 Å². The summed E-state index contributed by atoms with van der Waals surface area (Å²) in [5.74, 6) is -2.40. The van der Waals surface area contributed by atoms with E-state index in [4.69, 9.17) is 9.84 Å². The van der Waals surface area contributed by atoms with E-state index in [1.165, 1.54) is 6.07 Å². The Morgan fingerprint density at radius 3 is 2.55 bits per heavy atom. The number of anilines is 1. The number of nitrogens with one attached hydrogen (secondary N) is 1. The van der Waals surface area contributed by atoms with Crippen LogP contribution < -0.4 is 10.1 Å². The van der Waals surface area contributed by atoms with Crippen molar-refractivity contribution in [3.8, 4) is 11.5 Å². The first-order valence-electron chi connectivity index (χ1n) is 5.73. The smallest absolute Gasteiger partial charge is 0.322 e. The topological polar surface area (TPSA) is 58.6 Å². The zero-order valence-electron chi connectivity index (χ0n) is 10.3. The van der Waals surface area contributed by atoms with Gasteiger partial charge in [-0.1, -0.05) is 6.07 Å². The molecule has 0 radical (unpaired) electrons. The van der Waals surface area contributed by atoms with Gasteiger partial charge in [-0.2, -0.15) is 0 Å². The molecule has 0 amide bonds. The van der Waals surface area contributed by atoms with Crippen LogP contribution in [0.1, 0.15) is 0 Å². The van der Waals surface area contributed by atoms with E-state index in [0.717, 1.165) is 12.1 Å². The maximum atomic E-state index is 13.0. The third-order valence-electron chi connectivity index (χ3n) is 2.40. The Morgan fingerprint density at radius 1 is 1.10 bits per heavy atom. The summed E-state index contributed by atoms with van der Waals surface area (Å²) in [4.78, 5) is 10.4. The average Bonchev–Trinajstić information content (AvgIpc) is 2.41. The van der Waals surface area contributed by atoms with Gasteiger partial charge in [0.05, 0.1) is 0 Å². The van der Waals surface area contributed by atoms with Crippen LogP contribution in [0.5, 0.6) is 11.5 Å². The third kappa shape index (κ3) is 3.68. The quantitative estimate of drug-likeness (QED) is 0.882. The molecule has 0 bridgehead atoms. The second-order valence-corrected chi connectivity index (χ2v) is 3.95. The molecule has 2 rings (SSSR count). The largest absolute Gasteiger partial charge is 0.480 e. The van der Waals surface area contributed by atoms with Crippen LogP contribution in [0.15, 0.2) is 42.5 Å². The first-order chi connectivity index (χ1) is 9.54. The summed E-state index contributed by atoms with van der Waals surface area (Å²) < 4.78 is 31.2. The average molecular weight is 279 g/mol. The number of halogens is 2. The van der Waals surface area contributed by atoms with Crippen LogP contribution >= 0.6 is 0 Å². The van der Waals surface area contributed by atoms with Gasteiger partial charge >= 0.3 is 5.97 Å². The van der Waals surface area contributed by atoms with Gasteiger partial charge < -0.3 is 15.2 Å². The minimum atomic E-state index is -0.998. The lowest BCUT2D eigenvalue weighted by Gasteiger charge is -2.08. The lowest BCUT2D eigenvalue weighted by Crippen LogP contribution is -2.12. The Morgan fingerprint density at radius 2 is 1.85 bits per heavy atom. The summed E-state index contributed by atoms with van der Waals surface area (Å²) in [5.41, 5.74) is 0.549. The van der Waals surface area contributed by atoms with Gasteiger partial charge in [0, 0.05) is 17.8 Å². The van der Waals surface area contributed by atoms with Crippen LogP contribution in [0.3, 0.4) is 0 Å². The van der Waals surface area contributed by atoms with Crippen molar-refractivity contribution in [1.29, 1.82) is 0 Å². The fourth-order valence-corrected chi connectivity index (χ4v) is 1.52. The molecule has 4 nitrogen and oxygen atoms in total.